The van der Waals surface area contributed by atoms with Gasteiger partial charge in [0.25, 0.3) is 0 Å². The monoisotopic (exact) mass is 552 g/mol. The van der Waals surface area contributed by atoms with Crippen LogP contribution < -0.4 is 0 Å². The molecule has 5 heteroatoms. The Morgan fingerprint density at radius 3 is 0.964 bits per heavy atom. The zero-order chi connectivity index (χ0) is 19.6. The molecule has 6 saturated carbocycles. The zero-order valence-electron chi connectivity index (χ0n) is 18.1. The van der Waals surface area contributed by atoms with Crippen molar-refractivity contribution in [2.45, 2.75) is 132 Å². The van der Waals surface area contributed by atoms with Gasteiger partial charge in [-0.25, -0.2) is 0 Å². The van der Waals surface area contributed by atoms with Gasteiger partial charge in [-0.05, 0) is 0 Å². The van der Waals surface area contributed by atoms with Crippen LogP contribution in [-0.4, -0.2) is 38.1 Å². The summed E-state index contributed by atoms with van der Waals surface area (Å²) < 4.78 is 1.77. The normalized spacial score (nSPS) is 32.1. The van der Waals surface area contributed by atoms with Crippen molar-refractivity contribution in [3.05, 3.63) is 0 Å². The molecule has 166 valence electrons. The molecule has 0 N–H and O–H groups in total. The van der Waals surface area contributed by atoms with Gasteiger partial charge in [-0.2, -0.15) is 0 Å². The predicted octanol–water partition coefficient (Wildman–Crippen LogP) is 8.14. The predicted molar refractivity (Wildman–Crippen MR) is 132 cm³/mol. The topological polar surface area (TPSA) is 0 Å². The molecule has 6 fully saturated rings. The molecule has 0 aromatic rings. The second-order valence-corrected chi connectivity index (χ2v) is 56.6. The summed E-state index contributed by atoms with van der Waals surface area (Å²) in [5, 5.41) is 0. The molecule has 0 saturated heterocycles. The first kappa shape index (κ1) is 20.5. The fraction of sp³-hybridized carbons (Fsp3) is 0.957. The summed E-state index contributed by atoms with van der Waals surface area (Å²) in [6.07, 6.45) is 18.2. The van der Waals surface area contributed by atoms with Crippen molar-refractivity contribution in [3.63, 3.8) is 0 Å². The van der Waals surface area contributed by atoms with Gasteiger partial charge in [0.15, 0.2) is 0 Å². The Morgan fingerprint density at radius 2 is 0.821 bits per heavy atom. The third-order valence-electron chi connectivity index (χ3n) is 9.50. The Hall–Kier alpha value is 1.93. The standard InChI is InChI=1S/2C9H15P.C5H10.2ClH.Ru/c2*1-2-7(1)10(8-3-4-8)9-5-6-9;1-4-5(2)3;;;/h2*7-9H,1-6H2;5H,1-3H3;2*1H;. The maximum absolute atomic E-state index is 8.83. The average Bonchev–Trinajstić information content (AvgIpc) is 3.47. The van der Waals surface area contributed by atoms with Crippen LogP contribution in [0.25, 0.3) is 0 Å². The van der Waals surface area contributed by atoms with E-state index in [4.69, 9.17) is 19.4 Å². The molecule has 0 aromatic heterocycles. The molecular weight excluding hydrogens is 510 g/mol. The van der Waals surface area contributed by atoms with E-state index in [1.807, 2.05) is 0 Å². The molecule has 0 bridgehead atoms. The van der Waals surface area contributed by atoms with Gasteiger partial charge >= 0.3 is 183 Å². The van der Waals surface area contributed by atoms with E-state index in [1.165, 1.54) is 77.0 Å². The number of halogens is 2. The molecule has 6 rings (SSSR count). The molecule has 6 aliphatic rings. The number of hydrogen-bond acceptors (Lipinski definition) is 0. The molecule has 0 aliphatic heterocycles. The Balaban J connectivity index is 1.71. The fourth-order valence-corrected chi connectivity index (χ4v) is 119. The first-order valence-electron chi connectivity index (χ1n) is 12.4. The van der Waals surface area contributed by atoms with Crippen molar-refractivity contribution in [1.29, 1.82) is 0 Å². The average molecular weight is 553 g/mol. The maximum atomic E-state index is 8.83. The van der Waals surface area contributed by atoms with Crippen LogP contribution >= 0.6 is 30.6 Å². The van der Waals surface area contributed by atoms with Gasteiger partial charge < -0.3 is 0 Å². The fourth-order valence-electron chi connectivity index (χ4n) is 7.74. The van der Waals surface area contributed by atoms with Crippen molar-refractivity contribution < 1.29 is 10.2 Å². The van der Waals surface area contributed by atoms with E-state index in [0.29, 0.717) is 5.92 Å². The molecule has 0 unspecified atom stereocenters. The van der Waals surface area contributed by atoms with Gasteiger partial charge in [-0.15, -0.1) is 0 Å². The van der Waals surface area contributed by atoms with Crippen LogP contribution in [0.5, 0.6) is 0 Å². The van der Waals surface area contributed by atoms with Crippen molar-refractivity contribution in [2.75, 3.05) is 0 Å². The molecule has 28 heavy (non-hydrogen) atoms. The molecule has 0 atom stereocenters. The van der Waals surface area contributed by atoms with Gasteiger partial charge in [0, 0.05) is 0 Å². The molecule has 6 aliphatic carbocycles. The van der Waals surface area contributed by atoms with Crippen LogP contribution in [0.4, 0.5) is 0 Å². The molecule has 0 radical (unpaired) electrons. The summed E-state index contributed by atoms with van der Waals surface area (Å²) in [7, 11) is 14.0. The molecule has 0 spiro atoms. The summed E-state index contributed by atoms with van der Waals surface area (Å²) in [5.74, 6) is 0.617. The Morgan fingerprint density at radius 1 is 0.607 bits per heavy atom. The van der Waals surface area contributed by atoms with Crippen LogP contribution in [0.3, 0.4) is 0 Å². The van der Waals surface area contributed by atoms with E-state index in [-0.39, 0.29) is 0 Å². The second-order valence-electron chi connectivity index (χ2n) is 11.7. The van der Waals surface area contributed by atoms with Gasteiger partial charge in [0.05, 0.1) is 0 Å². The van der Waals surface area contributed by atoms with Gasteiger partial charge in [0.1, 0.15) is 0 Å². The first-order chi connectivity index (χ1) is 13.3. The van der Waals surface area contributed by atoms with Crippen LogP contribution in [0, 0.1) is 5.92 Å². The summed E-state index contributed by atoms with van der Waals surface area (Å²) >= 11 is 0. The van der Waals surface area contributed by atoms with E-state index in [1.54, 1.807) is 4.11 Å². The Bertz CT molecular complexity index is 647. The summed E-state index contributed by atoms with van der Waals surface area (Å²) in [5.41, 5.74) is 2.94. The van der Waals surface area contributed by atoms with Crippen molar-refractivity contribution in [1.82, 2.24) is 0 Å². The minimum atomic E-state index is -3.62. The van der Waals surface area contributed by atoms with E-state index in [0.717, 1.165) is 34.0 Å². The third kappa shape index (κ3) is 2.40. The van der Waals surface area contributed by atoms with Crippen molar-refractivity contribution in [2.24, 2.45) is 5.92 Å². The summed E-state index contributed by atoms with van der Waals surface area (Å²) in [6, 6.07) is 0. The van der Waals surface area contributed by atoms with Crippen molar-refractivity contribution in [3.8, 4) is 0 Å². The molecule has 0 amide bonds. The second kappa shape index (κ2) is 6.29. The van der Waals surface area contributed by atoms with Crippen molar-refractivity contribution >= 4 is 34.7 Å². The van der Waals surface area contributed by atoms with Gasteiger partial charge in [-0.3, -0.25) is 0 Å². The van der Waals surface area contributed by atoms with E-state index in [9.17, 15) is 0 Å². The van der Waals surface area contributed by atoms with Crippen LogP contribution in [0.2, 0.25) is 0 Å². The van der Waals surface area contributed by atoms with E-state index < -0.39 is 21.4 Å². The summed E-state index contributed by atoms with van der Waals surface area (Å²) in [6.45, 7) is 7.49. The first-order valence-corrected chi connectivity index (χ1v) is 27.1. The molecule has 0 aromatic carbocycles. The molecule has 0 heterocycles. The van der Waals surface area contributed by atoms with E-state index >= 15 is 0 Å². The van der Waals surface area contributed by atoms with E-state index in [2.05, 4.69) is 20.8 Å². The number of rotatable bonds is 9. The van der Waals surface area contributed by atoms with Crippen LogP contribution in [-0.2, 0) is 10.2 Å². The number of hydrogen-bond donors (Lipinski definition) is 0. The SMILES string of the molecule is C[C](C(C)C)=[Ru]([Cl])([Cl])([PH](C1CC1)(C1CC1)C1CC1)[PH](C1CC1)(C1CC1)C1CC1. The van der Waals surface area contributed by atoms with Crippen LogP contribution in [0.1, 0.15) is 97.8 Å². The van der Waals surface area contributed by atoms with Gasteiger partial charge in [0.2, 0.25) is 0 Å². The molecule has 0 nitrogen and oxygen atoms in total. The zero-order valence-corrected chi connectivity index (χ0v) is 23.4. The van der Waals surface area contributed by atoms with Gasteiger partial charge in [-0.1, -0.05) is 0 Å². The minimum absolute atomic E-state index is 0.617. The Labute approximate surface area is 181 Å². The summed E-state index contributed by atoms with van der Waals surface area (Å²) in [4.78, 5) is 0. The Kier molecular flexibility index (Phi) is 4.61. The van der Waals surface area contributed by atoms with Crippen LogP contribution in [0.15, 0.2) is 0 Å². The third-order valence-corrected chi connectivity index (χ3v) is 87.6. The molecular formula is C23H42Cl2P2Ru. The quantitative estimate of drug-likeness (QED) is 0.200.